The summed E-state index contributed by atoms with van der Waals surface area (Å²) in [7, 11) is 2.36. The maximum Gasteiger partial charge on any atom is 0.0331 e. The number of hydrogen-bond acceptors (Lipinski definition) is 2. The average molecular weight is 252 g/mol. The molecule has 0 aliphatic heterocycles. The summed E-state index contributed by atoms with van der Waals surface area (Å²) in [5, 5.41) is 0. The van der Waals surface area contributed by atoms with Gasteiger partial charge in [-0.3, -0.25) is 4.90 Å². The van der Waals surface area contributed by atoms with Gasteiger partial charge < -0.3 is 5.73 Å². The molecule has 0 amide bonds. The fraction of sp³-hybridized carbons (Fsp3) is 1.00. The molecule has 0 spiro atoms. The zero-order chi connectivity index (χ0) is 13.0. The Kier molecular flexibility index (Phi) is 5.08. The summed E-state index contributed by atoms with van der Waals surface area (Å²) >= 11 is 0. The fourth-order valence-corrected chi connectivity index (χ4v) is 4.12. The van der Waals surface area contributed by atoms with Crippen molar-refractivity contribution in [2.45, 2.75) is 82.7 Å². The van der Waals surface area contributed by atoms with Gasteiger partial charge in [-0.15, -0.1) is 0 Å². The molecule has 0 saturated heterocycles. The first-order valence-corrected chi connectivity index (χ1v) is 8.11. The van der Waals surface area contributed by atoms with Crippen molar-refractivity contribution in [1.82, 2.24) is 4.90 Å². The highest BCUT2D eigenvalue weighted by atomic mass is 15.2. The SMILES string of the molecule is CC1CCCC(CN)(N(C)C2CCCCC2)CC1. The topological polar surface area (TPSA) is 29.3 Å². The molecule has 2 saturated carbocycles. The van der Waals surface area contributed by atoms with Crippen LogP contribution in [0.4, 0.5) is 0 Å². The van der Waals surface area contributed by atoms with Crippen molar-refractivity contribution in [3.63, 3.8) is 0 Å². The van der Waals surface area contributed by atoms with E-state index in [1.165, 1.54) is 64.2 Å². The first kappa shape index (κ1) is 14.3. The smallest absolute Gasteiger partial charge is 0.0331 e. The summed E-state index contributed by atoms with van der Waals surface area (Å²) in [5.74, 6) is 0.901. The monoisotopic (exact) mass is 252 g/mol. The Hall–Kier alpha value is -0.0800. The highest BCUT2D eigenvalue weighted by Crippen LogP contribution is 2.37. The van der Waals surface area contributed by atoms with Crippen LogP contribution in [-0.4, -0.2) is 30.1 Å². The maximum absolute atomic E-state index is 6.22. The molecule has 106 valence electrons. The lowest BCUT2D eigenvalue weighted by Gasteiger charge is -2.46. The lowest BCUT2D eigenvalue weighted by Crippen LogP contribution is -2.56. The van der Waals surface area contributed by atoms with Crippen molar-refractivity contribution < 1.29 is 0 Å². The molecule has 0 radical (unpaired) electrons. The molecule has 2 nitrogen and oxygen atoms in total. The molecule has 0 aromatic rings. The Morgan fingerprint density at radius 1 is 1.00 bits per heavy atom. The Morgan fingerprint density at radius 2 is 1.72 bits per heavy atom. The third-order valence-electron chi connectivity index (χ3n) is 5.69. The van der Waals surface area contributed by atoms with Crippen LogP contribution in [0, 0.1) is 5.92 Å². The second kappa shape index (κ2) is 6.38. The van der Waals surface area contributed by atoms with Crippen LogP contribution in [0.5, 0.6) is 0 Å². The molecule has 2 N–H and O–H groups in total. The van der Waals surface area contributed by atoms with Gasteiger partial charge in [-0.05, 0) is 45.1 Å². The number of nitrogens with zero attached hydrogens (tertiary/aromatic N) is 1. The van der Waals surface area contributed by atoms with Gasteiger partial charge in [0, 0.05) is 18.1 Å². The Bertz CT molecular complexity index is 247. The summed E-state index contributed by atoms with van der Waals surface area (Å²) in [6.45, 7) is 3.26. The Balaban J connectivity index is 2.04. The maximum atomic E-state index is 6.22. The number of hydrogen-bond donors (Lipinski definition) is 1. The molecule has 0 bridgehead atoms. The van der Waals surface area contributed by atoms with Crippen LogP contribution in [0.25, 0.3) is 0 Å². The predicted molar refractivity (Wildman–Crippen MR) is 78.7 cm³/mol. The molecule has 2 rings (SSSR count). The van der Waals surface area contributed by atoms with Crippen molar-refractivity contribution in [2.24, 2.45) is 11.7 Å². The van der Waals surface area contributed by atoms with Crippen molar-refractivity contribution in [1.29, 1.82) is 0 Å². The molecular formula is C16H32N2. The normalized spacial score (nSPS) is 35.7. The molecule has 0 aromatic carbocycles. The van der Waals surface area contributed by atoms with Crippen LogP contribution in [0.1, 0.15) is 71.1 Å². The molecule has 2 aliphatic rings. The van der Waals surface area contributed by atoms with Gasteiger partial charge in [-0.1, -0.05) is 39.0 Å². The van der Waals surface area contributed by atoms with Crippen LogP contribution in [-0.2, 0) is 0 Å². The summed E-state index contributed by atoms with van der Waals surface area (Å²) in [6.07, 6.45) is 13.9. The van der Waals surface area contributed by atoms with E-state index in [-0.39, 0.29) is 0 Å². The quantitative estimate of drug-likeness (QED) is 0.778. The highest BCUT2D eigenvalue weighted by molar-refractivity contribution is 4.95. The predicted octanol–water partition coefficient (Wildman–Crippen LogP) is 3.55. The van der Waals surface area contributed by atoms with Crippen LogP contribution in [0.3, 0.4) is 0 Å². The van der Waals surface area contributed by atoms with E-state index in [2.05, 4.69) is 18.9 Å². The second-order valence-corrected chi connectivity index (χ2v) is 6.87. The van der Waals surface area contributed by atoms with E-state index >= 15 is 0 Å². The van der Waals surface area contributed by atoms with Gasteiger partial charge >= 0.3 is 0 Å². The van der Waals surface area contributed by atoms with Crippen molar-refractivity contribution in [2.75, 3.05) is 13.6 Å². The lowest BCUT2D eigenvalue weighted by molar-refractivity contribution is 0.0444. The van der Waals surface area contributed by atoms with Gasteiger partial charge in [0.15, 0.2) is 0 Å². The van der Waals surface area contributed by atoms with E-state index < -0.39 is 0 Å². The minimum atomic E-state index is 0.312. The molecule has 2 atom stereocenters. The molecule has 18 heavy (non-hydrogen) atoms. The zero-order valence-electron chi connectivity index (χ0n) is 12.5. The van der Waals surface area contributed by atoms with E-state index in [1.807, 2.05) is 0 Å². The van der Waals surface area contributed by atoms with E-state index in [9.17, 15) is 0 Å². The average Bonchev–Trinajstić information content (AvgIpc) is 2.62. The minimum Gasteiger partial charge on any atom is -0.329 e. The summed E-state index contributed by atoms with van der Waals surface area (Å²) in [4.78, 5) is 2.70. The Labute approximate surface area is 113 Å². The van der Waals surface area contributed by atoms with Crippen molar-refractivity contribution >= 4 is 0 Å². The second-order valence-electron chi connectivity index (χ2n) is 6.87. The Morgan fingerprint density at radius 3 is 2.39 bits per heavy atom. The number of rotatable bonds is 3. The molecule has 2 unspecified atom stereocenters. The van der Waals surface area contributed by atoms with Gasteiger partial charge in [0.1, 0.15) is 0 Å². The van der Waals surface area contributed by atoms with Crippen LogP contribution < -0.4 is 5.73 Å². The largest absolute Gasteiger partial charge is 0.329 e. The van der Waals surface area contributed by atoms with Gasteiger partial charge in [0.05, 0.1) is 0 Å². The van der Waals surface area contributed by atoms with Crippen molar-refractivity contribution in [3.8, 4) is 0 Å². The van der Waals surface area contributed by atoms with Crippen LogP contribution in [0.15, 0.2) is 0 Å². The first-order valence-electron chi connectivity index (χ1n) is 8.11. The molecule has 0 heterocycles. The first-order chi connectivity index (χ1) is 8.68. The molecule has 0 aromatic heterocycles. The standard InChI is InChI=1S/C16H32N2/c1-14-7-6-11-16(13-17,12-10-14)18(2)15-8-4-3-5-9-15/h14-15H,3-13,17H2,1-2H3. The molecule has 2 aliphatic carbocycles. The van der Waals surface area contributed by atoms with E-state index in [0.29, 0.717) is 5.54 Å². The molecule has 2 fully saturated rings. The zero-order valence-corrected chi connectivity index (χ0v) is 12.5. The molecule has 2 heteroatoms. The summed E-state index contributed by atoms with van der Waals surface area (Å²) in [6, 6.07) is 0.802. The van der Waals surface area contributed by atoms with Gasteiger partial charge in [-0.25, -0.2) is 0 Å². The minimum absolute atomic E-state index is 0.312. The third-order valence-corrected chi connectivity index (χ3v) is 5.69. The lowest BCUT2D eigenvalue weighted by atomic mass is 9.84. The third kappa shape index (κ3) is 3.08. The summed E-state index contributed by atoms with van der Waals surface area (Å²) < 4.78 is 0. The number of likely N-dealkylation sites (N-methyl/N-ethyl adjacent to an activating group) is 1. The van der Waals surface area contributed by atoms with Crippen LogP contribution in [0.2, 0.25) is 0 Å². The van der Waals surface area contributed by atoms with Gasteiger partial charge in [0.25, 0.3) is 0 Å². The van der Waals surface area contributed by atoms with Crippen LogP contribution >= 0.6 is 0 Å². The highest BCUT2D eigenvalue weighted by Gasteiger charge is 2.38. The van der Waals surface area contributed by atoms with Gasteiger partial charge in [0.2, 0.25) is 0 Å². The number of nitrogens with two attached hydrogens (primary N) is 1. The van der Waals surface area contributed by atoms with E-state index in [0.717, 1.165) is 18.5 Å². The van der Waals surface area contributed by atoms with Crippen molar-refractivity contribution in [3.05, 3.63) is 0 Å². The van der Waals surface area contributed by atoms with E-state index in [4.69, 9.17) is 5.73 Å². The van der Waals surface area contributed by atoms with E-state index in [1.54, 1.807) is 0 Å². The summed E-state index contributed by atoms with van der Waals surface area (Å²) in [5.41, 5.74) is 6.53. The fourth-order valence-electron chi connectivity index (χ4n) is 4.12. The molecular weight excluding hydrogens is 220 g/mol. The van der Waals surface area contributed by atoms with Gasteiger partial charge in [-0.2, -0.15) is 0 Å².